The summed E-state index contributed by atoms with van der Waals surface area (Å²) in [6.45, 7) is 6.45. The van der Waals surface area contributed by atoms with E-state index in [0.29, 0.717) is 0 Å². The average molecular weight is 247 g/mol. The van der Waals surface area contributed by atoms with Gasteiger partial charge in [-0.1, -0.05) is 12.1 Å². The molecule has 2 aliphatic heterocycles. The molecule has 1 unspecified atom stereocenters. The van der Waals surface area contributed by atoms with Gasteiger partial charge in [-0.05, 0) is 12.1 Å². The number of ether oxygens (including phenoxy) is 1. The Morgan fingerprint density at radius 2 is 2.06 bits per heavy atom. The Bertz CT molecular complexity index is 404. The molecule has 0 spiro atoms. The molecule has 0 amide bonds. The van der Waals surface area contributed by atoms with Crippen molar-refractivity contribution in [3.05, 3.63) is 24.3 Å². The lowest BCUT2D eigenvalue weighted by molar-refractivity contribution is 0.121. The van der Waals surface area contributed by atoms with Crippen LogP contribution >= 0.6 is 0 Å². The highest BCUT2D eigenvalue weighted by atomic mass is 16.5. The van der Waals surface area contributed by atoms with Gasteiger partial charge in [0.15, 0.2) is 0 Å². The van der Waals surface area contributed by atoms with E-state index in [4.69, 9.17) is 4.74 Å². The minimum absolute atomic E-state index is 0.281. The lowest BCUT2D eigenvalue weighted by Crippen LogP contribution is -2.50. The van der Waals surface area contributed by atoms with Crippen molar-refractivity contribution in [1.29, 1.82) is 0 Å². The molecule has 1 aromatic carbocycles. The van der Waals surface area contributed by atoms with Crippen LogP contribution in [-0.2, 0) is 0 Å². The molecule has 98 valence electrons. The van der Waals surface area contributed by atoms with Gasteiger partial charge in [-0.2, -0.15) is 0 Å². The fraction of sp³-hybridized carbons (Fsp3) is 0.571. The van der Waals surface area contributed by atoms with E-state index in [-0.39, 0.29) is 6.10 Å². The SMILES string of the molecule is CN1CC(CN2CCNCC2)Oc2ccccc21. The molecule has 1 atom stereocenters. The van der Waals surface area contributed by atoms with E-state index < -0.39 is 0 Å². The minimum Gasteiger partial charge on any atom is -0.485 e. The molecule has 1 saturated heterocycles. The van der Waals surface area contributed by atoms with Crippen LogP contribution in [0.4, 0.5) is 5.69 Å². The van der Waals surface area contributed by atoms with E-state index in [9.17, 15) is 0 Å². The Balaban J connectivity index is 1.66. The van der Waals surface area contributed by atoms with Gasteiger partial charge in [0.05, 0.1) is 12.2 Å². The number of fused-ring (bicyclic) bond motifs is 1. The van der Waals surface area contributed by atoms with E-state index in [1.54, 1.807) is 0 Å². The average Bonchev–Trinajstić information content (AvgIpc) is 2.40. The predicted molar refractivity (Wildman–Crippen MR) is 73.4 cm³/mol. The van der Waals surface area contributed by atoms with Crippen LogP contribution in [0.25, 0.3) is 0 Å². The van der Waals surface area contributed by atoms with Crippen molar-refractivity contribution in [2.24, 2.45) is 0 Å². The van der Waals surface area contributed by atoms with Crippen molar-refractivity contribution in [1.82, 2.24) is 10.2 Å². The number of hydrogen-bond acceptors (Lipinski definition) is 4. The summed E-state index contributed by atoms with van der Waals surface area (Å²) in [5.41, 5.74) is 1.20. The standard InChI is InChI=1S/C14H21N3O/c1-16-10-12(11-17-8-6-15-7-9-17)18-14-5-3-2-4-13(14)16/h2-5,12,15H,6-11H2,1H3. The number of para-hydroxylation sites is 2. The van der Waals surface area contributed by atoms with Gasteiger partial charge in [-0.15, -0.1) is 0 Å². The zero-order valence-corrected chi connectivity index (χ0v) is 10.9. The lowest BCUT2D eigenvalue weighted by Gasteiger charge is -2.37. The van der Waals surface area contributed by atoms with E-state index >= 15 is 0 Å². The molecular weight excluding hydrogens is 226 g/mol. The second-order valence-electron chi connectivity index (χ2n) is 5.14. The first-order chi connectivity index (χ1) is 8.83. The number of nitrogens with zero attached hydrogens (tertiary/aromatic N) is 2. The molecule has 0 aliphatic carbocycles. The summed E-state index contributed by atoms with van der Waals surface area (Å²) in [7, 11) is 2.14. The highest BCUT2D eigenvalue weighted by molar-refractivity contribution is 5.59. The predicted octanol–water partition coefficient (Wildman–Crippen LogP) is 0.789. The van der Waals surface area contributed by atoms with Crippen molar-refractivity contribution in [3.63, 3.8) is 0 Å². The second-order valence-corrected chi connectivity index (χ2v) is 5.14. The summed E-state index contributed by atoms with van der Waals surface area (Å²) in [6, 6.07) is 8.29. The fourth-order valence-electron chi connectivity index (χ4n) is 2.77. The Morgan fingerprint density at radius 3 is 2.89 bits per heavy atom. The van der Waals surface area contributed by atoms with Crippen LogP contribution in [0.15, 0.2) is 24.3 Å². The van der Waals surface area contributed by atoms with Crippen LogP contribution in [0.1, 0.15) is 0 Å². The molecule has 2 aliphatic rings. The van der Waals surface area contributed by atoms with E-state index in [1.165, 1.54) is 5.69 Å². The number of piperazine rings is 1. The second kappa shape index (κ2) is 5.16. The first-order valence-electron chi connectivity index (χ1n) is 6.73. The number of rotatable bonds is 2. The lowest BCUT2D eigenvalue weighted by atomic mass is 10.2. The molecule has 18 heavy (non-hydrogen) atoms. The Morgan fingerprint density at radius 1 is 1.28 bits per heavy atom. The molecule has 1 fully saturated rings. The molecule has 2 heterocycles. The van der Waals surface area contributed by atoms with Gasteiger partial charge in [0, 0.05) is 39.8 Å². The van der Waals surface area contributed by atoms with Crippen molar-refractivity contribution >= 4 is 5.69 Å². The summed E-state index contributed by atoms with van der Waals surface area (Å²) >= 11 is 0. The summed E-state index contributed by atoms with van der Waals surface area (Å²) < 4.78 is 6.10. The van der Waals surface area contributed by atoms with Gasteiger partial charge >= 0.3 is 0 Å². The van der Waals surface area contributed by atoms with Gasteiger partial charge in [-0.25, -0.2) is 0 Å². The maximum Gasteiger partial charge on any atom is 0.143 e. The molecule has 0 aromatic heterocycles. The highest BCUT2D eigenvalue weighted by Gasteiger charge is 2.25. The van der Waals surface area contributed by atoms with Crippen LogP contribution in [0.3, 0.4) is 0 Å². The maximum atomic E-state index is 6.10. The smallest absolute Gasteiger partial charge is 0.143 e. The summed E-state index contributed by atoms with van der Waals surface area (Å²) in [5.74, 6) is 1.02. The quantitative estimate of drug-likeness (QED) is 0.836. The van der Waals surface area contributed by atoms with E-state index in [0.717, 1.165) is 45.0 Å². The number of nitrogens with one attached hydrogen (secondary N) is 1. The Hall–Kier alpha value is -1.26. The fourth-order valence-corrected chi connectivity index (χ4v) is 2.77. The van der Waals surface area contributed by atoms with Crippen molar-refractivity contribution in [2.45, 2.75) is 6.10 Å². The number of benzene rings is 1. The highest BCUT2D eigenvalue weighted by Crippen LogP contribution is 2.31. The molecule has 4 nitrogen and oxygen atoms in total. The van der Waals surface area contributed by atoms with Crippen LogP contribution < -0.4 is 15.0 Å². The number of likely N-dealkylation sites (N-methyl/N-ethyl adjacent to an activating group) is 1. The molecule has 0 radical (unpaired) electrons. The van der Waals surface area contributed by atoms with Gasteiger partial charge in [-0.3, -0.25) is 4.90 Å². The van der Waals surface area contributed by atoms with Crippen LogP contribution in [0.2, 0.25) is 0 Å². The maximum absolute atomic E-state index is 6.10. The van der Waals surface area contributed by atoms with Gasteiger partial charge in [0.2, 0.25) is 0 Å². The van der Waals surface area contributed by atoms with Crippen LogP contribution in [-0.4, -0.2) is 57.3 Å². The number of hydrogen-bond donors (Lipinski definition) is 1. The van der Waals surface area contributed by atoms with E-state index in [2.05, 4.69) is 40.4 Å². The summed E-state index contributed by atoms with van der Waals surface area (Å²) in [5, 5.41) is 3.38. The number of anilines is 1. The van der Waals surface area contributed by atoms with Crippen molar-refractivity contribution < 1.29 is 4.74 Å². The zero-order valence-electron chi connectivity index (χ0n) is 10.9. The molecule has 1 N–H and O–H groups in total. The third kappa shape index (κ3) is 2.44. The Kier molecular flexibility index (Phi) is 3.39. The molecule has 3 rings (SSSR count). The van der Waals surface area contributed by atoms with Crippen molar-refractivity contribution in [2.75, 3.05) is 51.2 Å². The normalized spacial score (nSPS) is 24.5. The topological polar surface area (TPSA) is 27.7 Å². The van der Waals surface area contributed by atoms with Gasteiger partial charge in [0.25, 0.3) is 0 Å². The first-order valence-corrected chi connectivity index (χ1v) is 6.73. The largest absolute Gasteiger partial charge is 0.485 e. The monoisotopic (exact) mass is 247 g/mol. The zero-order chi connectivity index (χ0) is 12.4. The molecule has 4 heteroatoms. The van der Waals surface area contributed by atoms with Gasteiger partial charge < -0.3 is 15.0 Å². The molecule has 1 aromatic rings. The minimum atomic E-state index is 0.281. The molecule has 0 bridgehead atoms. The molecular formula is C14H21N3O. The first kappa shape index (κ1) is 11.8. The summed E-state index contributed by atoms with van der Waals surface area (Å²) in [4.78, 5) is 4.79. The van der Waals surface area contributed by atoms with Gasteiger partial charge in [0.1, 0.15) is 11.9 Å². The summed E-state index contributed by atoms with van der Waals surface area (Å²) in [6.07, 6.45) is 0.281. The third-order valence-corrected chi connectivity index (χ3v) is 3.72. The Labute approximate surface area is 109 Å². The molecule has 0 saturated carbocycles. The van der Waals surface area contributed by atoms with Crippen LogP contribution in [0.5, 0.6) is 5.75 Å². The van der Waals surface area contributed by atoms with E-state index in [1.807, 2.05) is 6.07 Å². The van der Waals surface area contributed by atoms with Crippen molar-refractivity contribution in [3.8, 4) is 5.75 Å². The third-order valence-electron chi connectivity index (χ3n) is 3.72. The van der Waals surface area contributed by atoms with Crippen LogP contribution in [0, 0.1) is 0 Å².